The first-order valence-electron chi connectivity index (χ1n) is 6.15. The fourth-order valence-corrected chi connectivity index (χ4v) is 3.31. The lowest BCUT2D eigenvalue weighted by atomic mass is 10.3. The van der Waals surface area contributed by atoms with Gasteiger partial charge in [0, 0.05) is 5.38 Å². The molecule has 0 saturated heterocycles. The lowest BCUT2D eigenvalue weighted by Crippen LogP contribution is -2.08. The number of halogens is 3. The highest BCUT2D eigenvalue weighted by atomic mass is 32.1. The van der Waals surface area contributed by atoms with Crippen molar-refractivity contribution in [1.29, 1.82) is 0 Å². The van der Waals surface area contributed by atoms with Gasteiger partial charge in [0.2, 0.25) is 5.13 Å². The number of rotatable bonds is 3. The van der Waals surface area contributed by atoms with Gasteiger partial charge in [-0.2, -0.15) is 18.3 Å². The first-order valence-corrected chi connectivity index (χ1v) is 7.91. The number of hydrogen-bond donors (Lipinski definition) is 0. The van der Waals surface area contributed by atoms with Crippen LogP contribution in [0, 0.1) is 0 Å². The van der Waals surface area contributed by atoms with Crippen LogP contribution in [0.4, 0.5) is 13.2 Å². The smallest absolute Gasteiger partial charge is 0.435 e. The SMILES string of the molecule is COC(=O)c1csc(-n2nc(C(F)(F)F)cc2-c2cccs2)n1. The minimum Gasteiger partial charge on any atom is -0.464 e. The van der Waals surface area contributed by atoms with Gasteiger partial charge in [0.25, 0.3) is 0 Å². The number of carbonyl (C=O) groups excluding carboxylic acids is 1. The summed E-state index contributed by atoms with van der Waals surface area (Å²) in [5.74, 6) is -0.659. The number of thiophene rings is 1. The third kappa shape index (κ3) is 2.99. The number of aromatic nitrogens is 3. The zero-order valence-corrected chi connectivity index (χ0v) is 13.1. The van der Waals surface area contributed by atoms with E-state index in [1.54, 1.807) is 17.5 Å². The molecule has 0 fully saturated rings. The average molecular weight is 359 g/mol. The van der Waals surface area contributed by atoms with Gasteiger partial charge in [-0.25, -0.2) is 14.5 Å². The molecule has 0 radical (unpaired) electrons. The quantitative estimate of drug-likeness (QED) is 0.667. The molecule has 0 spiro atoms. The minimum atomic E-state index is -4.57. The van der Waals surface area contributed by atoms with Crippen molar-refractivity contribution in [3.63, 3.8) is 0 Å². The van der Waals surface area contributed by atoms with E-state index in [0.29, 0.717) is 4.88 Å². The fraction of sp³-hybridized carbons (Fsp3) is 0.154. The Hall–Kier alpha value is -2.20. The molecule has 0 amide bonds. The zero-order valence-electron chi connectivity index (χ0n) is 11.5. The molecular formula is C13H8F3N3O2S2. The summed E-state index contributed by atoms with van der Waals surface area (Å²) in [4.78, 5) is 16.1. The van der Waals surface area contributed by atoms with Crippen molar-refractivity contribution < 1.29 is 22.7 Å². The van der Waals surface area contributed by atoms with E-state index in [0.717, 1.165) is 22.1 Å². The number of methoxy groups -OCH3 is 1. The van der Waals surface area contributed by atoms with E-state index in [9.17, 15) is 18.0 Å². The number of ether oxygens (including phenoxy) is 1. The fourth-order valence-electron chi connectivity index (χ4n) is 1.83. The third-order valence-corrected chi connectivity index (χ3v) is 4.55. The van der Waals surface area contributed by atoms with Gasteiger partial charge in [0.05, 0.1) is 17.7 Å². The Bertz CT molecular complexity index is 837. The van der Waals surface area contributed by atoms with Crippen LogP contribution in [0.1, 0.15) is 16.2 Å². The monoisotopic (exact) mass is 359 g/mol. The summed E-state index contributed by atoms with van der Waals surface area (Å²) in [7, 11) is 1.20. The maximum atomic E-state index is 13.0. The molecule has 3 heterocycles. The molecule has 0 atom stereocenters. The standard InChI is InChI=1S/C13H8F3N3O2S2/c1-21-11(20)7-6-23-12(17-7)19-8(9-3-2-4-22-9)5-10(18-19)13(14,15)16/h2-6H,1H3. The van der Waals surface area contributed by atoms with Crippen molar-refractivity contribution in [3.05, 3.63) is 40.3 Å². The second-order valence-electron chi connectivity index (χ2n) is 4.31. The van der Waals surface area contributed by atoms with Gasteiger partial charge in [-0.1, -0.05) is 6.07 Å². The molecule has 23 heavy (non-hydrogen) atoms. The Morgan fingerprint density at radius 3 is 2.74 bits per heavy atom. The topological polar surface area (TPSA) is 57.0 Å². The van der Waals surface area contributed by atoms with Crippen molar-refractivity contribution in [2.24, 2.45) is 0 Å². The summed E-state index contributed by atoms with van der Waals surface area (Å²) in [6.07, 6.45) is -4.57. The van der Waals surface area contributed by atoms with Gasteiger partial charge in [-0.3, -0.25) is 0 Å². The van der Waals surface area contributed by atoms with Gasteiger partial charge >= 0.3 is 12.1 Å². The van der Waals surface area contributed by atoms with E-state index in [2.05, 4.69) is 14.8 Å². The van der Waals surface area contributed by atoms with E-state index in [1.165, 1.54) is 23.8 Å². The van der Waals surface area contributed by atoms with Crippen LogP contribution in [0.5, 0.6) is 0 Å². The highest BCUT2D eigenvalue weighted by Gasteiger charge is 2.35. The molecule has 3 rings (SSSR count). The van der Waals surface area contributed by atoms with Gasteiger partial charge < -0.3 is 4.74 Å². The maximum Gasteiger partial charge on any atom is 0.435 e. The summed E-state index contributed by atoms with van der Waals surface area (Å²) in [5.41, 5.74) is -0.734. The van der Waals surface area contributed by atoms with Crippen LogP contribution >= 0.6 is 22.7 Å². The molecule has 3 aromatic rings. The van der Waals surface area contributed by atoms with Crippen LogP contribution in [0.2, 0.25) is 0 Å². The van der Waals surface area contributed by atoms with Crippen LogP contribution in [0.15, 0.2) is 29.0 Å². The van der Waals surface area contributed by atoms with Crippen molar-refractivity contribution in [2.45, 2.75) is 6.18 Å². The maximum absolute atomic E-state index is 13.0. The lowest BCUT2D eigenvalue weighted by molar-refractivity contribution is -0.141. The van der Waals surface area contributed by atoms with Gasteiger partial charge in [0.1, 0.15) is 0 Å². The van der Waals surface area contributed by atoms with Crippen molar-refractivity contribution in [1.82, 2.24) is 14.8 Å². The average Bonchev–Trinajstić information content (AvgIpc) is 3.21. The summed E-state index contributed by atoms with van der Waals surface area (Å²) < 4.78 is 44.5. The molecule has 0 bridgehead atoms. The number of esters is 1. The molecule has 0 aliphatic carbocycles. The molecule has 0 aromatic carbocycles. The molecule has 0 unspecified atom stereocenters. The van der Waals surface area contributed by atoms with E-state index < -0.39 is 17.8 Å². The zero-order chi connectivity index (χ0) is 16.6. The third-order valence-electron chi connectivity index (χ3n) is 2.84. The molecule has 120 valence electrons. The number of alkyl halides is 3. The Kier molecular flexibility index (Phi) is 3.94. The molecular weight excluding hydrogens is 351 g/mol. The molecule has 0 saturated carbocycles. The van der Waals surface area contributed by atoms with Crippen LogP contribution in [-0.4, -0.2) is 27.8 Å². The summed E-state index contributed by atoms with van der Waals surface area (Å²) in [6.45, 7) is 0. The Morgan fingerprint density at radius 1 is 1.35 bits per heavy atom. The summed E-state index contributed by atoms with van der Waals surface area (Å²) >= 11 is 2.29. The van der Waals surface area contributed by atoms with Gasteiger partial charge in [0.15, 0.2) is 11.4 Å². The normalized spacial score (nSPS) is 11.7. The van der Waals surface area contributed by atoms with Crippen LogP contribution in [-0.2, 0) is 10.9 Å². The first-order chi connectivity index (χ1) is 10.9. The number of nitrogens with zero attached hydrogens (tertiary/aromatic N) is 3. The van der Waals surface area contributed by atoms with E-state index >= 15 is 0 Å². The van der Waals surface area contributed by atoms with Crippen molar-refractivity contribution >= 4 is 28.6 Å². The second-order valence-corrected chi connectivity index (χ2v) is 6.09. The van der Waals surface area contributed by atoms with Crippen LogP contribution in [0.25, 0.3) is 15.7 Å². The second kappa shape index (κ2) is 5.78. The highest BCUT2D eigenvalue weighted by Crippen LogP contribution is 2.35. The number of hydrogen-bond acceptors (Lipinski definition) is 6. The van der Waals surface area contributed by atoms with E-state index in [4.69, 9.17) is 0 Å². The molecule has 0 aliphatic rings. The number of carbonyl (C=O) groups is 1. The van der Waals surface area contributed by atoms with E-state index in [1.807, 2.05) is 0 Å². The number of thiazole rings is 1. The van der Waals surface area contributed by atoms with Gasteiger partial charge in [-0.05, 0) is 17.5 Å². The predicted octanol–water partition coefficient (Wildman–Crippen LogP) is 3.86. The predicted molar refractivity (Wildman–Crippen MR) is 78.9 cm³/mol. The largest absolute Gasteiger partial charge is 0.464 e. The van der Waals surface area contributed by atoms with Crippen LogP contribution in [0.3, 0.4) is 0 Å². The Balaban J connectivity index is 2.12. The first kappa shape index (κ1) is 15.7. The summed E-state index contributed by atoms with van der Waals surface area (Å²) in [6, 6.07) is 4.38. The van der Waals surface area contributed by atoms with Crippen molar-refractivity contribution in [3.8, 4) is 15.7 Å². The molecule has 0 aliphatic heterocycles. The van der Waals surface area contributed by atoms with Gasteiger partial charge in [-0.15, -0.1) is 22.7 Å². The summed E-state index contributed by atoms with van der Waals surface area (Å²) in [5, 5.41) is 6.92. The molecule has 5 nitrogen and oxygen atoms in total. The molecule has 3 aromatic heterocycles. The minimum absolute atomic E-state index is 0.0219. The Labute approximate surface area is 136 Å². The Morgan fingerprint density at radius 2 is 2.13 bits per heavy atom. The highest BCUT2D eigenvalue weighted by molar-refractivity contribution is 7.13. The molecule has 0 N–H and O–H groups in total. The van der Waals surface area contributed by atoms with Crippen LogP contribution < -0.4 is 0 Å². The molecule has 10 heteroatoms. The van der Waals surface area contributed by atoms with E-state index in [-0.39, 0.29) is 16.5 Å². The lowest BCUT2D eigenvalue weighted by Gasteiger charge is -2.01. The van der Waals surface area contributed by atoms with Crippen molar-refractivity contribution in [2.75, 3.05) is 7.11 Å².